The molecule has 0 saturated carbocycles. The highest BCUT2D eigenvalue weighted by Gasteiger charge is 2.43. The van der Waals surface area contributed by atoms with Crippen LogP contribution in [0.5, 0.6) is 5.75 Å². The first-order chi connectivity index (χ1) is 16.0. The molecule has 1 saturated heterocycles. The number of benzene rings is 1. The summed E-state index contributed by atoms with van der Waals surface area (Å²) in [7, 11) is 0. The molecule has 0 radical (unpaired) electrons. The maximum Gasteiger partial charge on any atom is 0.336 e. The number of azide groups is 1. The number of hydrogen-bond donors (Lipinski definition) is 3. The van der Waals surface area contributed by atoms with Gasteiger partial charge >= 0.3 is 5.97 Å². The Morgan fingerprint density at radius 2 is 2.00 bits per heavy atom. The summed E-state index contributed by atoms with van der Waals surface area (Å²) < 4.78 is 17.5. The minimum absolute atomic E-state index is 0.0680. The van der Waals surface area contributed by atoms with Crippen LogP contribution in [0, 0.1) is 12.8 Å². The quantitative estimate of drug-likeness (QED) is 0.144. The van der Waals surface area contributed by atoms with E-state index in [4.69, 9.17) is 19.7 Å². The summed E-state index contributed by atoms with van der Waals surface area (Å²) in [5, 5.41) is 33.6. The maximum absolute atomic E-state index is 12.0. The van der Waals surface area contributed by atoms with Crippen molar-refractivity contribution in [3.63, 3.8) is 0 Å². The molecular weight excluding hydrogens is 442 g/mol. The van der Waals surface area contributed by atoms with Crippen LogP contribution in [0.3, 0.4) is 0 Å². The summed E-state index contributed by atoms with van der Waals surface area (Å²) in [4.78, 5) is 14.6. The minimum atomic E-state index is -1.12. The third kappa shape index (κ3) is 7.31. The highest BCUT2D eigenvalue weighted by atomic mass is 16.8. The molecule has 1 unspecified atom stereocenters. The van der Waals surface area contributed by atoms with Gasteiger partial charge in [-0.1, -0.05) is 42.4 Å². The third-order valence-corrected chi connectivity index (χ3v) is 5.47. The van der Waals surface area contributed by atoms with Gasteiger partial charge in [0.05, 0.1) is 24.8 Å². The zero-order valence-electron chi connectivity index (χ0n) is 20.1. The van der Waals surface area contributed by atoms with Gasteiger partial charge in [0.1, 0.15) is 24.1 Å². The largest absolute Gasteiger partial charge is 0.493 e. The van der Waals surface area contributed by atoms with E-state index in [-0.39, 0.29) is 24.6 Å². The molecule has 0 bridgehead atoms. The Bertz CT molecular complexity index is 968. The molecule has 0 amide bonds. The number of rotatable bonds is 11. The number of carboxylic acids is 1. The monoisotopic (exact) mass is 475 g/mol. The van der Waals surface area contributed by atoms with Crippen LogP contribution < -0.4 is 4.74 Å². The van der Waals surface area contributed by atoms with Crippen molar-refractivity contribution in [1.82, 2.24) is 0 Å². The van der Waals surface area contributed by atoms with Gasteiger partial charge < -0.3 is 29.5 Å². The molecule has 3 N–H and O–H groups in total. The molecular formula is C24H33N3O7. The molecule has 1 fully saturated rings. The molecule has 0 aromatic heterocycles. The fraction of sp³-hybridized carbons (Fsp3) is 0.542. The fourth-order valence-electron chi connectivity index (χ4n) is 3.51. The SMILES string of the molecule is Cc1ccc(OCCN=[N+]=[N-])c(/C=C/[C@H]2OC(C)(C)O[C@@H]2C(O)/C=C\[C@H](C)[C@H](C)O)c1C(=O)O. The fourth-order valence-corrected chi connectivity index (χ4v) is 3.51. The Morgan fingerprint density at radius 1 is 1.29 bits per heavy atom. The number of carbonyl (C=O) groups is 1. The third-order valence-electron chi connectivity index (χ3n) is 5.47. The lowest BCUT2D eigenvalue weighted by Crippen LogP contribution is -2.33. The zero-order chi connectivity index (χ0) is 25.5. The highest BCUT2D eigenvalue weighted by Crippen LogP contribution is 2.33. The standard InChI is InChI=1S/C24H33N3O7/c1-14(16(3)28)6-9-18(29)22-20(33-24(4,5)34-22)11-8-17-19(32-13-12-26-27-25)10-7-15(2)21(17)23(30)31/h6-11,14,16,18,20,22,28-29H,12-13H2,1-5H3,(H,30,31)/b9-6-,11-8+/t14-,16-,18?,20+,22+/m0/s1. The van der Waals surface area contributed by atoms with Crippen LogP contribution in [-0.4, -0.2) is 64.6 Å². The molecule has 10 nitrogen and oxygen atoms in total. The van der Waals surface area contributed by atoms with E-state index in [0.717, 1.165) is 0 Å². The van der Waals surface area contributed by atoms with E-state index >= 15 is 0 Å². The Balaban J connectivity index is 2.36. The van der Waals surface area contributed by atoms with Crippen molar-refractivity contribution in [3.8, 4) is 5.75 Å². The van der Waals surface area contributed by atoms with Gasteiger partial charge in [-0.05, 0) is 50.8 Å². The van der Waals surface area contributed by atoms with Crippen molar-refractivity contribution in [2.24, 2.45) is 11.0 Å². The Hall–Kier alpha value is -2.88. The lowest BCUT2D eigenvalue weighted by molar-refractivity contribution is -0.150. The second-order valence-corrected chi connectivity index (χ2v) is 8.68. The van der Waals surface area contributed by atoms with Gasteiger partial charge in [-0.3, -0.25) is 0 Å². The molecule has 1 aliphatic rings. The summed E-state index contributed by atoms with van der Waals surface area (Å²) in [6.45, 7) is 8.80. The molecule has 2 rings (SSSR count). The first-order valence-corrected chi connectivity index (χ1v) is 11.1. The van der Waals surface area contributed by atoms with E-state index in [1.54, 1.807) is 64.1 Å². The average Bonchev–Trinajstić information content (AvgIpc) is 3.08. The average molecular weight is 476 g/mol. The van der Waals surface area contributed by atoms with Gasteiger partial charge in [-0.25, -0.2) is 4.79 Å². The normalized spacial score (nSPS) is 22.4. The van der Waals surface area contributed by atoms with Crippen molar-refractivity contribution in [3.05, 3.63) is 57.5 Å². The maximum atomic E-state index is 12.0. The molecule has 10 heteroatoms. The van der Waals surface area contributed by atoms with Gasteiger partial charge in [0.2, 0.25) is 0 Å². The molecule has 5 atom stereocenters. The summed E-state index contributed by atoms with van der Waals surface area (Å²) >= 11 is 0. The second-order valence-electron chi connectivity index (χ2n) is 8.68. The smallest absolute Gasteiger partial charge is 0.336 e. The van der Waals surface area contributed by atoms with Crippen molar-refractivity contribution in [2.75, 3.05) is 13.2 Å². The molecule has 0 spiro atoms. The van der Waals surface area contributed by atoms with Gasteiger partial charge in [-0.2, -0.15) is 0 Å². The second kappa shape index (κ2) is 12.0. The number of aryl methyl sites for hydroxylation is 1. The van der Waals surface area contributed by atoms with Crippen LogP contribution in [0.15, 0.2) is 35.5 Å². The Labute approximate surface area is 199 Å². The van der Waals surface area contributed by atoms with E-state index in [2.05, 4.69) is 10.0 Å². The molecule has 0 aliphatic carbocycles. The van der Waals surface area contributed by atoms with Crippen LogP contribution in [0.4, 0.5) is 0 Å². The number of aromatic carboxylic acids is 1. The van der Waals surface area contributed by atoms with Crippen molar-refractivity contribution in [2.45, 2.75) is 64.8 Å². The summed E-state index contributed by atoms with van der Waals surface area (Å²) in [5.74, 6) is -1.93. The highest BCUT2D eigenvalue weighted by molar-refractivity contribution is 5.95. The molecule has 186 valence electrons. The number of ether oxygens (including phenoxy) is 3. The zero-order valence-corrected chi connectivity index (χ0v) is 20.1. The summed E-state index contributed by atoms with van der Waals surface area (Å²) in [5.41, 5.74) is 9.38. The van der Waals surface area contributed by atoms with Crippen molar-refractivity contribution < 1.29 is 34.3 Å². The predicted octanol–water partition coefficient (Wildman–Crippen LogP) is 3.85. The van der Waals surface area contributed by atoms with Gasteiger partial charge in [0.15, 0.2) is 5.79 Å². The number of hydrogen-bond acceptors (Lipinski definition) is 7. The molecule has 1 aromatic rings. The van der Waals surface area contributed by atoms with Crippen LogP contribution in [0.25, 0.3) is 16.5 Å². The van der Waals surface area contributed by atoms with E-state index < -0.39 is 36.2 Å². The summed E-state index contributed by atoms with van der Waals surface area (Å²) in [6.07, 6.45) is 3.47. The van der Waals surface area contributed by atoms with E-state index in [9.17, 15) is 20.1 Å². The molecule has 34 heavy (non-hydrogen) atoms. The minimum Gasteiger partial charge on any atom is -0.493 e. The lowest BCUT2D eigenvalue weighted by Gasteiger charge is -2.20. The van der Waals surface area contributed by atoms with Crippen LogP contribution >= 0.6 is 0 Å². The molecule has 1 aromatic carbocycles. The Morgan fingerprint density at radius 3 is 2.62 bits per heavy atom. The number of nitrogens with zero attached hydrogens (tertiary/aromatic N) is 3. The predicted molar refractivity (Wildman–Crippen MR) is 126 cm³/mol. The lowest BCUT2D eigenvalue weighted by atomic mass is 9.98. The Kier molecular flexibility index (Phi) is 9.66. The number of carboxylic acid groups (broad SMARTS) is 1. The van der Waals surface area contributed by atoms with Crippen molar-refractivity contribution in [1.29, 1.82) is 0 Å². The van der Waals surface area contributed by atoms with E-state index in [1.165, 1.54) is 0 Å². The summed E-state index contributed by atoms with van der Waals surface area (Å²) in [6, 6.07) is 3.29. The molecule has 1 heterocycles. The van der Waals surface area contributed by atoms with Crippen LogP contribution in [0.1, 0.15) is 49.2 Å². The van der Waals surface area contributed by atoms with Crippen LogP contribution in [-0.2, 0) is 9.47 Å². The number of aliphatic hydroxyl groups excluding tert-OH is 2. The number of aliphatic hydroxyl groups is 2. The van der Waals surface area contributed by atoms with E-state index in [1.807, 2.05) is 6.92 Å². The first-order valence-electron chi connectivity index (χ1n) is 11.1. The van der Waals surface area contributed by atoms with Crippen molar-refractivity contribution >= 4 is 12.0 Å². The van der Waals surface area contributed by atoms with Gasteiger partial charge in [0.25, 0.3) is 0 Å². The van der Waals surface area contributed by atoms with Gasteiger partial charge in [0, 0.05) is 10.5 Å². The van der Waals surface area contributed by atoms with Crippen LogP contribution in [0.2, 0.25) is 0 Å². The van der Waals surface area contributed by atoms with Gasteiger partial charge in [-0.15, -0.1) is 0 Å². The van der Waals surface area contributed by atoms with E-state index in [0.29, 0.717) is 16.9 Å². The molecule has 1 aliphatic heterocycles. The topological polar surface area (TPSA) is 154 Å². The first kappa shape index (κ1) is 27.4.